The van der Waals surface area contributed by atoms with E-state index in [4.69, 9.17) is 87.9 Å². The summed E-state index contributed by atoms with van der Waals surface area (Å²) in [6.07, 6.45) is 6.75. The number of nitrogens with two attached hydrogens (primary N) is 1. The summed E-state index contributed by atoms with van der Waals surface area (Å²) < 4.78 is 26.1. The second-order valence-corrected chi connectivity index (χ2v) is 23.8. The van der Waals surface area contributed by atoms with Gasteiger partial charge in [-0.2, -0.15) is 15.0 Å². The maximum atomic E-state index is 12.2. The van der Waals surface area contributed by atoms with Crippen LogP contribution < -0.4 is 45.9 Å². The number of nitrogen functional groups attached to an aromatic ring is 1. The molecule has 0 aliphatic carbocycles. The Bertz CT molecular complexity index is 2790. The highest BCUT2D eigenvalue weighted by molar-refractivity contribution is 7.94. The number of fused-ring (bicyclic) bond motifs is 1. The highest BCUT2D eigenvalue weighted by atomic mass is 35.5. The van der Waals surface area contributed by atoms with Gasteiger partial charge in [0, 0.05) is 25.8 Å². The van der Waals surface area contributed by atoms with Crippen LogP contribution in [0.3, 0.4) is 0 Å². The molecule has 2 amide bonds. The predicted molar refractivity (Wildman–Crippen MR) is 327 cm³/mol. The van der Waals surface area contributed by atoms with Gasteiger partial charge in [0.05, 0.1) is 66.6 Å². The summed E-state index contributed by atoms with van der Waals surface area (Å²) in [7, 11) is -2.07. The van der Waals surface area contributed by atoms with E-state index in [1.54, 1.807) is 41.2 Å². The number of carboxylic acid groups (broad SMARTS) is 1. The number of nitrogens with zero attached hydrogens (tertiary/aromatic N) is 6. The topological polar surface area (TPSA) is 310 Å². The number of hydrogen-bond donors (Lipinski definition) is 6. The fourth-order valence-corrected chi connectivity index (χ4v) is 7.78. The number of carbonyl (C=O) groups is 3. The van der Waals surface area contributed by atoms with Crippen LogP contribution in [0, 0.1) is 17.0 Å². The fraction of sp³-hybridized carbons (Fsp3) is 0.423. The molecule has 0 saturated heterocycles. The lowest BCUT2D eigenvalue weighted by atomic mass is 10.0. The summed E-state index contributed by atoms with van der Waals surface area (Å²) in [6, 6.07) is 25.2. The molecule has 1 aliphatic rings. The lowest BCUT2D eigenvalue weighted by Gasteiger charge is -2.35. The highest BCUT2D eigenvalue weighted by Gasteiger charge is 2.32. The summed E-state index contributed by atoms with van der Waals surface area (Å²) in [5.74, 6) is 0.939. The van der Waals surface area contributed by atoms with Crippen LogP contribution in [0.1, 0.15) is 52.7 Å². The maximum absolute atomic E-state index is 12.2. The molecule has 0 spiro atoms. The lowest BCUT2D eigenvalue weighted by Crippen LogP contribution is -2.47. The van der Waals surface area contributed by atoms with Crippen molar-refractivity contribution in [2.24, 2.45) is 0 Å². The number of methoxy groups -OCH3 is 1. The van der Waals surface area contributed by atoms with Gasteiger partial charge in [-0.1, -0.05) is 90.3 Å². The smallest absolute Gasteiger partial charge is 0.317 e. The largest absolute Gasteiger partial charge is 0.778 e. The van der Waals surface area contributed by atoms with Crippen LogP contribution in [0.5, 0.6) is 17.2 Å². The monoisotopic (exact) mass is 1270 g/mol. The SMILES string of the molecule is CC1COc2ccccc2N1C(=O)C(Cl)Cl.CCNc1nc(Cl)nc(NC(C)C)n1.CCc1cccc(C)c1N(C(=O)CCl)C(C)COC.C[S+](C)C.Nc1c([N+](=O)[O-])ccc(Oc2ccccc2)c1Cl.O=C(O)CNCP(=O)([O-])O. The first-order chi connectivity index (χ1) is 38.0. The van der Waals surface area contributed by atoms with Gasteiger partial charge >= 0.3 is 5.97 Å². The van der Waals surface area contributed by atoms with Gasteiger partial charge in [-0.25, -0.2) is 0 Å². The molecule has 0 saturated carbocycles. The van der Waals surface area contributed by atoms with Gasteiger partial charge in [0.1, 0.15) is 48.0 Å². The van der Waals surface area contributed by atoms with E-state index in [-0.39, 0.29) is 63.3 Å². The van der Waals surface area contributed by atoms with Crippen molar-refractivity contribution >= 4 is 129 Å². The van der Waals surface area contributed by atoms with Crippen LogP contribution in [-0.2, 0) is 41.0 Å². The molecule has 1 aliphatic heterocycles. The molecule has 3 atom stereocenters. The number of nitrogens with one attached hydrogen (secondary N) is 3. The Kier molecular flexibility index (Phi) is 34.9. The first-order valence-corrected chi connectivity index (χ1v) is 31.0. The minimum absolute atomic E-state index is 0.0223. The van der Waals surface area contributed by atoms with Gasteiger partial charge in [-0.15, -0.1) is 11.6 Å². The summed E-state index contributed by atoms with van der Waals surface area (Å²) in [5, 5.41) is 26.9. The number of nitro benzene ring substituents is 1. The number of aliphatic carboxylic acids is 1. The Labute approximate surface area is 501 Å². The van der Waals surface area contributed by atoms with Crippen molar-refractivity contribution in [2.45, 2.75) is 77.8 Å². The number of para-hydroxylation sites is 4. The Morgan fingerprint density at radius 2 is 1.58 bits per heavy atom. The normalized spacial score (nSPS) is 13.1. The second-order valence-electron chi connectivity index (χ2n) is 17.7. The molecule has 0 fully saturated rings. The third kappa shape index (κ3) is 27.9. The summed E-state index contributed by atoms with van der Waals surface area (Å²) in [5.41, 5.74) is 9.18. The van der Waals surface area contributed by atoms with E-state index < -0.39 is 36.2 Å². The number of alkyl halides is 3. The first-order valence-electron chi connectivity index (χ1n) is 24.6. The molecule has 22 nitrogen and oxygen atoms in total. The van der Waals surface area contributed by atoms with Crippen molar-refractivity contribution in [3.63, 3.8) is 0 Å². The Morgan fingerprint density at radius 1 is 0.975 bits per heavy atom. The van der Waals surface area contributed by atoms with E-state index in [0.29, 0.717) is 47.5 Å². The number of halogens is 5. The van der Waals surface area contributed by atoms with Crippen LogP contribution in [0.25, 0.3) is 0 Å². The molecule has 29 heteroatoms. The molecule has 81 heavy (non-hydrogen) atoms. The predicted octanol–water partition coefficient (Wildman–Crippen LogP) is 9.83. The molecular formula is C52H72Cl5N10O12PS. The van der Waals surface area contributed by atoms with E-state index in [9.17, 15) is 34.0 Å². The van der Waals surface area contributed by atoms with Gasteiger partial charge in [0.15, 0.2) is 4.84 Å². The van der Waals surface area contributed by atoms with E-state index in [0.717, 1.165) is 35.5 Å². The van der Waals surface area contributed by atoms with Crippen LogP contribution in [-0.4, -0.2) is 135 Å². The van der Waals surface area contributed by atoms with E-state index in [1.165, 1.54) is 12.1 Å². The zero-order valence-electron chi connectivity index (χ0n) is 46.8. The Hall–Kier alpha value is -5.43. The Morgan fingerprint density at radius 3 is 2.11 bits per heavy atom. The number of ether oxygens (including phenoxy) is 3. The van der Waals surface area contributed by atoms with Crippen LogP contribution in [0.4, 0.5) is 34.6 Å². The van der Waals surface area contributed by atoms with E-state index in [1.807, 2.05) is 89.3 Å². The summed E-state index contributed by atoms with van der Waals surface area (Å²) in [4.78, 5) is 76.2. The van der Waals surface area contributed by atoms with Gasteiger partial charge < -0.3 is 59.8 Å². The number of hydrogen-bond acceptors (Lipinski definition) is 17. The molecule has 448 valence electrons. The van der Waals surface area contributed by atoms with Gasteiger partial charge in [0.25, 0.3) is 11.6 Å². The molecule has 4 aromatic carbocycles. The number of aryl methyl sites for hydroxylation is 2. The first kappa shape index (κ1) is 73.6. The quantitative estimate of drug-likeness (QED) is 0.0119. The zero-order chi connectivity index (χ0) is 61.6. The van der Waals surface area contributed by atoms with Crippen molar-refractivity contribution < 1.29 is 53.0 Å². The number of carboxylic acids is 1. The van der Waals surface area contributed by atoms with Crippen LogP contribution in [0.2, 0.25) is 10.3 Å². The van der Waals surface area contributed by atoms with Gasteiger partial charge in [0.2, 0.25) is 23.1 Å². The van der Waals surface area contributed by atoms with Gasteiger partial charge in [-0.05, 0) is 112 Å². The molecule has 5 aromatic rings. The summed E-state index contributed by atoms with van der Waals surface area (Å²) >= 11 is 28.7. The molecule has 3 unspecified atom stereocenters. The molecule has 6 rings (SSSR count). The fourth-order valence-electron chi connectivity index (χ4n) is 6.69. The standard InChI is InChI=1S/C15H22ClNO2.C12H9ClN2O3.C11H11Cl2NO2.C8H14ClN5.C3H8NO5P.C3H9S/c1-5-13-8-6-7-11(2)15(13)17(14(18)9-16)12(3)10-19-4;13-11-10(18-8-4-2-1-3-5-8)7-6-9(12(11)14)15(16)17;1-7-6-16-9-5-3-2-4-8(9)14(7)11(15)10(12)13;1-4-10-7-12-6(9)13-8(14-7)11-5(2)3;5-3(6)1-4-2-10(7,8)9;1-4(2)3/h6-8,12H,5,9-10H2,1-4H3;1-7H,14H2;2-5,7,10H,6H2,1H3;5H,4H2,1-3H3,(H2,10,11,12,13,14);4H,1-2H2,(H,5,6)(H2,7,8,9);1-3H3/q;;;;;+1/p-1. The number of aromatic nitrogens is 3. The number of rotatable bonds is 18. The maximum Gasteiger partial charge on any atom is 0.317 e. The molecule has 1 aromatic heterocycles. The van der Waals surface area contributed by atoms with Crippen molar-refractivity contribution in [1.82, 2.24) is 20.3 Å². The lowest BCUT2D eigenvalue weighted by molar-refractivity contribution is -0.383. The molecule has 7 N–H and O–H groups in total. The number of carbonyl (C=O) groups excluding carboxylic acids is 2. The minimum atomic E-state index is -4.35. The zero-order valence-corrected chi connectivity index (χ0v) is 52.3. The molecule has 0 radical (unpaired) electrons. The number of benzene rings is 4. The third-order valence-corrected chi connectivity index (χ3v) is 11.7. The molecular weight excluding hydrogens is 1200 g/mol. The number of amides is 2. The van der Waals surface area contributed by atoms with Gasteiger partial charge in [-0.3, -0.25) is 29.8 Å². The average Bonchev–Trinajstić information content (AvgIpc) is 3.49. The molecule has 0 bridgehead atoms. The third-order valence-electron chi connectivity index (χ3n) is 9.88. The van der Waals surface area contributed by atoms with Crippen molar-refractivity contribution in [2.75, 3.05) is 90.5 Å². The Balaban J connectivity index is 0.000000504. The summed E-state index contributed by atoms with van der Waals surface area (Å²) in [6.45, 7) is 15.1. The van der Waals surface area contributed by atoms with Crippen molar-refractivity contribution in [3.05, 3.63) is 116 Å². The van der Waals surface area contributed by atoms with Crippen LogP contribution in [0.15, 0.2) is 84.9 Å². The average molecular weight is 1270 g/mol. The highest BCUT2D eigenvalue weighted by Crippen LogP contribution is 2.39. The second kappa shape index (κ2) is 38.4. The van der Waals surface area contributed by atoms with E-state index in [2.05, 4.69) is 57.3 Å². The molecule has 2 heterocycles. The number of nitro groups is 1. The van der Waals surface area contributed by atoms with Crippen LogP contribution >= 0.6 is 65.6 Å². The van der Waals surface area contributed by atoms with Crippen molar-refractivity contribution in [1.29, 1.82) is 0 Å². The minimum Gasteiger partial charge on any atom is -0.778 e. The number of anilines is 5. The van der Waals surface area contributed by atoms with E-state index >= 15 is 0 Å². The van der Waals surface area contributed by atoms with Crippen molar-refractivity contribution in [3.8, 4) is 17.2 Å².